The number of hydrogen-bond acceptors (Lipinski definition) is 1. The Morgan fingerprint density at radius 2 is 1.88 bits per heavy atom. The molecule has 4 heteroatoms. The molecule has 1 heterocycles. The summed E-state index contributed by atoms with van der Waals surface area (Å²) in [5.41, 5.74) is 0.435. The fourth-order valence-electron chi connectivity index (χ4n) is 2.00. The highest BCUT2D eigenvalue weighted by atomic mass is 32.1. The van der Waals surface area contributed by atoms with E-state index in [2.05, 4.69) is 0 Å². The van der Waals surface area contributed by atoms with Crippen LogP contribution < -0.4 is 0 Å². The molecule has 16 heavy (non-hydrogen) atoms. The van der Waals surface area contributed by atoms with Crippen LogP contribution in [-0.2, 0) is 11.3 Å². The molecule has 0 unspecified atom stereocenters. The summed E-state index contributed by atoms with van der Waals surface area (Å²) >= 11 is 0.396. The summed E-state index contributed by atoms with van der Waals surface area (Å²) in [7, 11) is 0. The lowest BCUT2D eigenvalue weighted by Crippen LogP contribution is -2.36. The molecule has 0 radical (unpaired) electrons. The third-order valence-electron chi connectivity index (χ3n) is 2.83. The summed E-state index contributed by atoms with van der Waals surface area (Å²) in [6, 6.07) is 6.47. The molecule has 1 fully saturated rings. The Morgan fingerprint density at radius 3 is 2.50 bits per heavy atom. The number of likely N-dealkylation sites (tertiary alicyclic amines) is 1. The topological polar surface area (TPSA) is 20.3 Å². The Balaban J connectivity index is 2.29. The minimum Gasteiger partial charge on any atom is -0.263 e. The van der Waals surface area contributed by atoms with Crippen LogP contribution in [0.3, 0.4) is 0 Å². The first-order valence-electron chi connectivity index (χ1n) is 5.49. The van der Waals surface area contributed by atoms with Gasteiger partial charge in [0, 0.05) is 18.7 Å². The van der Waals surface area contributed by atoms with E-state index in [-0.39, 0.29) is 5.82 Å². The molecule has 0 saturated carbocycles. The van der Waals surface area contributed by atoms with Crippen molar-refractivity contribution in [1.29, 1.82) is 0 Å². The Labute approximate surface area is 98.2 Å². The highest BCUT2D eigenvalue weighted by Gasteiger charge is 2.19. The molecule has 1 aromatic rings. The molecule has 2 nitrogen and oxygen atoms in total. The van der Waals surface area contributed by atoms with Crippen LogP contribution >= 0.6 is 0 Å². The van der Waals surface area contributed by atoms with E-state index < -0.39 is 0 Å². The van der Waals surface area contributed by atoms with Crippen LogP contribution in [0.1, 0.15) is 24.8 Å². The van der Waals surface area contributed by atoms with Crippen molar-refractivity contribution in [3.05, 3.63) is 35.6 Å². The van der Waals surface area contributed by atoms with Crippen molar-refractivity contribution >= 4 is 16.2 Å². The summed E-state index contributed by atoms with van der Waals surface area (Å²) in [6.45, 7) is 1.72. The fourth-order valence-corrected chi connectivity index (χ4v) is 2.54. The first kappa shape index (κ1) is 11.5. The average molecular weight is 239 g/mol. The molecular weight excluding hydrogens is 225 g/mol. The number of benzene rings is 1. The zero-order valence-electron chi connectivity index (χ0n) is 8.99. The summed E-state index contributed by atoms with van der Waals surface area (Å²) in [4.78, 5) is 2.53. The van der Waals surface area contributed by atoms with Crippen LogP contribution in [0.2, 0.25) is 0 Å². The number of nitrogens with zero attached hydrogens (tertiary/aromatic N) is 1. The van der Waals surface area contributed by atoms with E-state index in [1.54, 1.807) is 18.2 Å². The molecule has 86 valence electrons. The van der Waals surface area contributed by atoms with Crippen LogP contribution in [-0.4, -0.2) is 27.2 Å². The first-order chi connectivity index (χ1) is 7.83. The van der Waals surface area contributed by atoms with Gasteiger partial charge >= 0.3 is 0 Å². The summed E-state index contributed by atoms with van der Waals surface area (Å²) < 4.78 is 24.7. The van der Waals surface area contributed by atoms with Gasteiger partial charge in [-0.25, -0.2) is 8.60 Å². The van der Waals surface area contributed by atoms with Crippen molar-refractivity contribution in [2.45, 2.75) is 19.3 Å². The maximum atomic E-state index is 13.6. The second kappa shape index (κ2) is 5.37. The van der Waals surface area contributed by atoms with Gasteiger partial charge < -0.3 is 0 Å². The van der Waals surface area contributed by atoms with Gasteiger partial charge in [0.15, 0.2) is 0 Å². The van der Waals surface area contributed by atoms with Crippen molar-refractivity contribution < 1.29 is 8.60 Å². The van der Waals surface area contributed by atoms with Gasteiger partial charge in [-0.1, -0.05) is 18.6 Å². The smallest absolute Gasteiger partial charge is 0.132 e. The number of rotatable bonds is 1. The highest BCUT2D eigenvalue weighted by Crippen LogP contribution is 2.15. The van der Waals surface area contributed by atoms with Crippen molar-refractivity contribution in [3.63, 3.8) is 0 Å². The van der Waals surface area contributed by atoms with E-state index in [0.29, 0.717) is 21.8 Å². The first-order valence-corrected chi connectivity index (χ1v) is 6.23. The quantitative estimate of drug-likeness (QED) is 0.699. The maximum absolute atomic E-state index is 13.6. The molecule has 0 amide bonds. The predicted octanol–water partition coefficient (Wildman–Crippen LogP) is 2.00. The summed E-state index contributed by atoms with van der Waals surface area (Å²) in [5.74, 6) is -0.313. The van der Waals surface area contributed by atoms with Gasteiger partial charge in [-0.15, -0.1) is 0 Å². The van der Waals surface area contributed by atoms with Gasteiger partial charge in [0.25, 0.3) is 0 Å². The fraction of sp³-hybridized carbons (Fsp3) is 0.417. The van der Waals surface area contributed by atoms with Crippen molar-refractivity contribution in [2.75, 3.05) is 13.1 Å². The van der Waals surface area contributed by atoms with Gasteiger partial charge in [-0.05, 0) is 25.0 Å². The maximum Gasteiger partial charge on any atom is 0.132 e. The lowest BCUT2D eigenvalue weighted by molar-refractivity contribution is 0.346. The average Bonchev–Trinajstić information content (AvgIpc) is 2.34. The van der Waals surface area contributed by atoms with Crippen LogP contribution in [0.25, 0.3) is 0 Å². The van der Waals surface area contributed by atoms with Crippen LogP contribution in [0.5, 0.6) is 0 Å². The molecule has 0 N–H and O–H groups in total. The minimum atomic E-state index is -0.313. The highest BCUT2D eigenvalue weighted by molar-refractivity contribution is 7.66. The molecule has 2 rings (SSSR count). The normalized spacial score (nSPS) is 17.1. The molecule has 1 aliphatic rings. The largest absolute Gasteiger partial charge is 0.263 e. The lowest BCUT2D eigenvalue weighted by Gasteiger charge is -2.26. The van der Waals surface area contributed by atoms with Crippen LogP contribution in [0.15, 0.2) is 24.3 Å². The standard InChI is InChI=1S/C12H14FNOS/c13-11-7-3-2-6-10(11)12(16-15)14-8-4-1-5-9-14/h2-3,6-7H,1,4-5,8-9H2. The summed E-state index contributed by atoms with van der Waals surface area (Å²) in [5, 5.41) is 0. The number of piperidine rings is 1. The van der Waals surface area contributed by atoms with E-state index in [4.69, 9.17) is 0 Å². The third kappa shape index (κ3) is 2.39. The molecule has 0 spiro atoms. The summed E-state index contributed by atoms with van der Waals surface area (Å²) in [6.07, 6.45) is 3.36. The van der Waals surface area contributed by atoms with Gasteiger partial charge in [0.05, 0.1) is 0 Å². The van der Waals surface area contributed by atoms with Crippen molar-refractivity contribution in [1.82, 2.24) is 4.90 Å². The Kier molecular flexibility index (Phi) is 3.85. The van der Waals surface area contributed by atoms with E-state index in [0.717, 1.165) is 25.9 Å². The lowest BCUT2D eigenvalue weighted by atomic mass is 10.1. The monoisotopic (exact) mass is 239 g/mol. The van der Waals surface area contributed by atoms with E-state index in [1.807, 2.05) is 4.90 Å². The third-order valence-corrected chi connectivity index (χ3v) is 3.46. The zero-order chi connectivity index (χ0) is 11.4. The zero-order valence-corrected chi connectivity index (χ0v) is 9.80. The Morgan fingerprint density at radius 1 is 1.19 bits per heavy atom. The van der Waals surface area contributed by atoms with E-state index in [1.165, 1.54) is 12.5 Å². The molecule has 0 atom stereocenters. The molecule has 0 bridgehead atoms. The SMILES string of the molecule is O=S=C(c1ccccc1F)N1CCCCC1. The molecule has 0 aromatic heterocycles. The number of hydrogen-bond donors (Lipinski definition) is 0. The molecule has 1 aliphatic heterocycles. The minimum absolute atomic E-state index is 0.313. The second-order valence-corrected chi connectivity index (χ2v) is 4.47. The van der Waals surface area contributed by atoms with Gasteiger partial charge in [-0.2, -0.15) is 0 Å². The van der Waals surface area contributed by atoms with Crippen molar-refractivity contribution in [2.24, 2.45) is 0 Å². The van der Waals surface area contributed by atoms with Crippen LogP contribution in [0.4, 0.5) is 4.39 Å². The van der Waals surface area contributed by atoms with E-state index >= 15 is 0 Å². The second-order valence-electron chi connectivity index (χ2n) is 3.92. The van der Waals surface area contributed by atoms with E-state index in [9.17, 15) is 8.60 Å². The van der Waals surface area contributed by atoms with Gasteiger partial charge in [0.1, 0.15) is 22.1 Å². The Bertz CT molecular complexity index is 423. The van der Waals surface area contributed by atoms with Gasteiger partial charge in [-0.3, -0.25) is 4.90 Å². The molecule has 1 saturated heterocycles. The van der Waals surface area contributed by atoms with Gasteiger partial charge in [0.2, 0.25) is 0 Å². The number of halogens is 1. The van der Waals surface area contributed by atoms with Crippen LogP contribution in [0, 0.1) is 5.82 Å². The molecule has 1 aromatic carbocycles. The van der Waals surface area contributed by atoms with Crippen molar-refractivity contribution in [3.8, 4) is 0 Å². The molecule has 0 aliphatic carbocycles. The predicted molar refractivity (Wildman–Crippen MR) is 64.1 cm³/mol. The molecular formula is C12H14FNOS. The Hall–Kier alpha value is -1.00.